The van der Waals surface area contributed by atoms with E-state index in [4.69, 9.17) is 4.42 Å². The second-order valence-electron chi connectivity index (χ2n) is 7.30. The lowest BCUT2D eigenvalue weighted by atomic mass is 9.96. The molecule has 5 heteroatoms. The number of carbonyl (C=O) groups is 1. The Labute approximate surface area is 166 Å². The molecule has 2 aromatic rings. The SMILES string of the molecule is CCSc1ccccc1C(=O)NCC1CCN(Cc2cc(C)oc2C)CC1. The van der Waals surface area contributed by atoms with Gasteiger partial charge in [-0.15, -0.1) is 11.8 Å². The van der Waals surface area contributed by atoms with E-state index in [1.54, 1.807) is 11.8 Å². The molecule has 0 bridgehead atoms. The molecule has 1 aliphatic rings. The van der Waals surface area contributed by atoms with E-state index in [0.717, 1.165) is 66.8 Å². The highest BCUT2D eigenvalue weighted by molar-refractivity contribution is 7.99. The van der Waals surface area contributed by atoms with E-state index in [2.05, 4.69) is 23.2 Å². The van der Waals surface area contributed by atoms with Gasteiger partial charge in [-0.25, -0.2) is 0 Å². The van der Waals surface area contributed by atoms with Crippen LogP contribution in [0.2, 0.25) is 0 Å². The van der Waals surface area contributed by atoms with Crippen LogP contribution in [-0.2, 0) is 6.54 Å². The quantitative estimate of drug-likeness (QED) is 0.704. The number of aryl methyl sites for hydroxylation is 2. The van der Waals surface area contributed by atoms with Crippen LogP contribution in [0.5, 0.6) is 0 Å². The van der Waals surface area contributed by atoms with Crippen molar-refractivity contribution in [2.24, 2.45) is 5.92 Å². The molecule has 2 heterocycles. The molecular formula is C22H30N2O2S. The van der Waals surface area contributed by atoms with Gasteiger partial charge in [-0.3, -0.25) is 9.69 Å². The van der Waals surface area contributed by atoms with E-state index >= 15 is 0 Å². The van der Waals surface area contributed by atoms with Crippen LogP contribution in [0.15, 0.2) is 39.6 Å². The molecule has 4 nitrogen and oxygen atoms in total. The largest absolute Gasteiger partial charge is 0.466 e. The molecule has 1 aromatic heterocycles. The van der Waals surface area contributed by atoms with Crippen molar-refractivity contribution in [1.29, 1.82) is 0 Å². The van der Waals surface area contributed by atoms with Crippen LogP contribution in [0.3, 0.4) is 0 Å². The molecule has 1 saturated heterocycles. The predicted octanol–water partition coefficient (Wildman–Crippen LogP) is 4.65. The number of nitrogens with one attached hydrogen (secondary N) is 1. The van der Waals surface area contributed by atoms with Crippen LogP contribution in [0.25, 0.3) is 0 Å². The summed E-state index contributed by atoms with van der Waals surface area (Å²) in [6.45, 7) is 10.0. The molecule has 0 saturated carbocycles. The lowest BCUT2D eigenvalue weighted by Gasteiger charge is -2.31. The third kappa shape index (κ3) is 5.39. The Bertz CT molecular complexity index is 763. The van der Waals surface area contributed by atoms with Crippen LogP contribution in [0, 0.1) is 19.8 Å². The zero-order chi connectivity index (χ0) is 19.2. The smallest absolute Gasteiger partial charge is 0.252 e. The van der Waals surface area contributed by atoms with Gasteiger partial charge in [0.1, 0.15) is 11.5 Å². The molecular weight excluding hydrogens is 356 g/mol. The van der Waals surface area contributed by atoms with E-state index in [9.17, 15) is 4.79 Å². The van der Waals surface area contributed by atoms with E-state index in [1.165, 1.54) is 5.56 Å². The van der Waals surface area contributed by atoms with Gasteiger partial charge in [0.05, 0.1) is 5.56 Å². The van der Waals surface area contributed by atoms with E-state index in [0.29, 0.717) is 5.92 Å². The standard InChI is InChI=1S/C22H30N2O2S/c1-4-27-21-8-6-5-7-20(21)22(25)23-14-18-9-11-24(12-10-18)15-19-13-16(2)26-17(19)3/h5-8,13,18H,4,9-12,14-15H2,1-3H3,(H,23,25). The minimum absolute atomic E-state index is 0.0541. The molecule has 1 N–H and O–H groups in total. The third-order valence-electron chi connectivity index (χ3n) is 5.23. The molecule has 3 rings (SSSR count). The minimum atomic E-state index is 0.0541. The number of hydrogen-bond donors (Lipinski definition) is 1. The van der Waals surface area contributed by atoms with Gasteiger partial charge in [-0.2, -0.15) is 0 Å². The fourth-order valence-electron chi connectivity index (χ4n) is 3.70. The maximum atomic E-state index is 12.6. The number of piperidine rings is 1. The molecule has 0 radical (unpaired) electrons. The summed E-state index contributed by atoms with van der Waals surface area (Å²) in [5.74, 6) is 3.60. The van der Waals surface area contributed by atoms with Gasteiger partial charge in [0.15, 0.2) is 0 Å². The van der Waals surface area contributed by atoms with Gasteiger partial charge in [0.25, 0.3) is 5.91 Å². The number of carbonyl (C=O) groups excluding carboxylic acids is 1. The summed E-state index contributed by atoms with van der Waals surface area (Å²) < 4.78 is 5.64. The van der Waals surface area contributed by atoms with E-state index < -0.39 is 0 Å². The number of benzene rings is 1. The van der Waals surface area contributed by atoms with Crippen molar-refractivity contribution in [3.63, 3.8) is 0 Å². The van der Waals surface area contributed by atoms with E-state index in [-0.39, 0.29) is 5.91 Å². The van der Waals surface area contributed by atoms with Crippen molar-refractivity contribution >= 4 is 17.7 Å². The maximum Gasteiger partial charge on any atom is 0.252 e. The molecule has 0 unspecified atom stereocenters. The number of nitrogens with zero attached hydrogens (tertiary/aromatic N) is 1. The predicted molar refractivity (Wildman–Crippen MR) is 111 cm³/mol. The lowest BCUT2D eigenvalue weighted by molar-refractivity contribution is 0.0932. The molecule has 1 amide bonds. The van der Waals surface area contributed by atoms with Gasteiger partial charge in [-0.05, 0) is 69.6 Å². The van der Waals surface area contributed by atoms with Crippen LogP contribution in [0.4, 0.5) is 0 Å². The van der Waals surface area contributed by atoms with Gasteiger partial charge in [0, 0.05) is 23.5 Å². The first kappa shape index (κ1) is 20.0. The zero-order valence-corrected chi connectivity index (χ0v) is 17.4. The molecule has 0 aliphatic carbocycles. The van der Waals surface area contributed by atoms with Crippen LogP contribution < -0.4 is 5.32 Å². The summed E-state index contributed by atoms with van der Waals surface area (Å²) in [7, 11) is 0. The van der Waals surface area contributed by atoms with Crippen LogP contribution >= 0.6 is 11.8 Å². The molecule has 1 aromatic carbocycles. The highest BCUT2D eigenvalue weighted by atomic mass is 32.2. The van der Waals surface area contributed by atoms with Crippen molar-refractivity contribution in [3.8, 4) is 0 Å². The Balaban J connectivity index is 1.46. The van der Waals surface area contributed by atoms with Gasteiger partial charge >= 0.3 is 0 Å². The maximum absolute atomic E-state index is 12.6. The Kier molecular flexibility index (Phi) is 7.02. The first-order valence-electron chi connectivity index (χ1n) is 9.85. The minimum Gasteiger partial charge on any atom is -0.466 e. The molecule has 146 valence electrons. The van der Waals surface area contributed by atoms with Gasteiger partial charge in [0.2, 0.25) is 0 Å². The molecule has 0 atom stereocenters. The Morgan fingerprint density at radius 1 is 1.26 bits per heavy atom. The van der Waals surface area contributed by atoms with Crippen LogP contribution in [-0.4, -0.2) is 36.2 Å². The average molecular weight is 387 g/mol. The highest BCUT2D eigenvalue weighted by Crippen LogP contribution is 2.23. The Morgan fingerprint density at radius 3 is 2.67 bits per heavy atom. The molecule has 1 aliphatic heterocycles. The van der Waals surface area contributed by atoms with Crippen molar-refractivity contribution in [2.45, 2.75) is 45.1 Å². The lowest BCUT2D eigenvalue weighted by Crippen LogP contribution is -2.38. The normalized spacial score (nSPS) is 15.8. The number of hydrogen-bond acceptors (Lipinski definition) is 4. The van der Waals surface area contributed by atoms with E-state index in [1.807, 2.05) is 38.1 Å². The topological polar surface area (TPSA) is 45.5 Å². The first-order valence-corrected chi connectivity index (χ1v) is 10.8. The molecule has 0 spiro atoms. The van der Waals surface area contributed by atoms with Crippen LogP contribution in [0.1, 0.15) is 47.2 Å². The zero-order valence-electron chi connectivity index (χ0n) is 16.6. The van der Waals surface area contributed by atoms with Crippen molar-refractivity contribution in [3.05, 3.63) is 53.0 Å². The summed E-state index contributed by atoms with van der Waals surface area (Å²) in [6.07, 6.45) is 2.25. The summed E-state index contributed by atoms with van der Waals surface area (Å²) in [5, 5.41) is 3.16. The highest BCUT2D eigenvalue weighted by Gasteiger charge is 2.21. The number of furan rings is 1. The summed E-state index contributed by atoms with van der Waals surface area (Å²) >= 11 is 1.72. The summed E-state index contributed by atoms with van der Waals surface area (Å²) in [4.78, 5) is 16.1. The monoisotopic (exact) mass is 386 g/mol. The van der Waals surface area contributed by atoms with Crippen molar-refractivity contribution in [2.75, 3.05) is 25.4 Å². The summed E-state index contributed by atoms with van der Waals surface area (Å²) in [5.41, 5.74) is 2.09. The first-order chi connectivity index (χ1) is 13.1. The number of thioether (sulfide) groups is 1. The number of amides is 1. The summed E-state index contributed by atoms with van der Waals surface area (Å²) in [6, 6.07) is 10.0. The second kappa shape index (κ2) is 9.47. The number of rotatable bonds is 7. The fraction of sp³-hybridized carbons (Fsp3) is 0.500. The van der Waals surface area contributed by atoms with Gasteiger partial charge < -0.3 is 9.73 Å². The average Bonchev–Trinajstić information content (AvgIpc) is 2.98. The third-order valence-corrected chi connectivity index (χ3v) is 6.18. The Morgan fingerprint density at radius 2 is 2.00 bits per heavy atom. The fourth-order valence-corrected chi connectivity index (χ4v) is 4.50. The van der Waals surface area contributed by atoms with Crippen molar-refractivity contribution in [1.82, 2.24) is 10.2 Å². The number of likely N-dealkylation sites (tertiary alicyclic amines) is 1. The Hall–Kier alpha value is -1.72. The van der Waals surface area contributed by atoms with Gasteiger partial charge in [-0.1, -0.05) is 19.1 Å². The molecule has 1 fully saturated rings. The second-order valence-corrected chi connectivity index (χ2v) is 8.60. The molecule has 27 heavy (non-hydrogen) atoms. The van der Waals surface area contributed by atoms with Crippen molar-refractivity contribution < 1.29 is 9.21 Å².